The molecule has 1 heterocycles. The van der Waals surface area contributed by atoms with Crippen molar-refractivity contribution in [3.63, 3.8) is 0 Å². The minimum atomic E-state index is -0.984. The van der Waals surface area contributed by atoms with Crippen molar-refractivity contribution in [3.05, 3.63) is 54.3 Å². The van der Waals surface area contributed by atoms with Crippen molar-refractivity contribution < 1.29 is 19.1 Å². The molecule has 0 amide bonds. The largest absolute Gasteiger partial charge is 0.496 e. The summed E-state index contributed by atoms with van der Waals surface area (Å²) in [5.74, 6) is 1.28. The molecule has 1 aromatic carbocycles. The van der Waals surface area contributed by atoms with Gasteiger partial charge in [-0.15, -0.1) is 0 Å². The molecular weight excluding hydrogens is 358 g/mol. The molecule has 144 valence electrons. The van der Waals surface area contributed by atoms with E-state index in [0.29, 0.717) is 27.4 Å². The van der Waals surface area contributed by atoms with Crippen LogP contribution in [0.3, 0.4) is 0 Å². The summed E-state index contributed by atoms with van der Waals surface area (Å²) in [7, 11) is 6.93. The lowest BCUT2D eigenvalue weighted by Gasteiger charge is -2.12. The van der Waals surface area contributed by atoms with Gasteiger partial charge in [0, 0.05) is 25.7 Å². The van der Waals surface area contributed by atoms with Crippen LogP contribution in [0.5, 0.6) is 17.2 Å². The first kappa shape index (κ1) is 19.8. The monoisotopic (exact) mass is 377 g/mol. The molecule has 27 heavy (non-hydrogen) atoms. The molecule has 0 aliphatic carbocycles. The van der Waals surface area contributed by atoms with Crippen LogP contribution in [-0.2, 0) is 14.1 Å². The summed E-state index contributed by atoms with van der Waals surface area (Å²) in [6.45, 7) is 0. The average Bonchev–Trinajstić information content (AvgIpc) is 2.66. The predicted molar refractivity (Wildman–Crippen MR) is 98.6 cm³/mol. The Bertz CT molecular complexity index is 1030. The molecule has 0 N–H and O–H groups in total. The van der Waals surface area contributed by atoms with Gasteiger partial charge in [-0.1, -0.05) is 0 Å². The fraction of sp³-hybridized carbons (Fsp3) is 0.294. The lowest BCUT2D eigenvalue weighted by atomic mass is 10.1. The summed E-state index contributed by atoms with van der Waals surface area (Å²) in [5, 5.41) is 11.4. The Kier molecular flexibility index (Phi) is 5.69. The quantitative estimate of drug-likeness (QED) is 0.548. The number of nitro groups is 1. The smallest absolute Gasteiger partial charge is 0.357 e. The van der Waals surface area contributed by atoms with Crippen LogP contribution in [0.4, 0.5) is 5.69 Å². The lowest BCUT2D eigenvalue weighted by Crippen LogP contribution is -2.39. The molecule has 2 rings (SSSR count). The second-order valence-corrected chi connectivity index (χ2v) is 5.48. The van der Waals surface area contributed by atoms with Crippen LogP contribution < -0.4 is 25.5 Å². The zero-order valence-corrected chi connectivity index (χ0v) is 15.5. The van der Waals surface area contributed by atoms with Crippen molar-refractivity contribution in [2.75, 3.05) is 21.3 Å². The van der Waals surface area contributed by atoms with Crippen molar-refractivity contribution in [2.24, 2.45) is 14.1 Å². The Morgan fingerprint density at radius 1 is 0.926 bits per heavy atom. The predicted octanol–water partition coefficient (Wildman–Crippen LogP) is 1.19. The standard InChI is InChI=1S/C17H19N3O7/c1-18-11(15(20(23)24)16(21)19(2)17(18)22)7-6-10-8-13(26-4)14(27-5)9-12(10)25-3/h6-9H,1-5H3/b7-6+. The van der Waals surface area contributed by atoms with Gasteiger partial charge < -0.3 is 14.2 Å². The molecule has 0 atom stereocenters. The molecule has 0 unspecified atom stereocenters. The number of hydrogen-bond donors (Lipinski definition) is 0. The molecule has 0 fully saturated rings. The van der Waals surface area contributed by atoms with Crippen LogP contribution in [0.25, 0.3) is 12.2 Å². The Morgan fingerprint density at radius 2 is 1.48 bits per heavy atom. The fourth-order valence-corrected chi connectivity index (χ4v) is 2.56. The number of ether oxygens (including phenoxy) is 3. The third-order valence-electron chi connectivity index (χ3n) is 4.02. The Labute approximate surface area is 154 Å². The second kappa shape index (κ2) is 7.77. The minimum absolute atomic E-state index is 0.134. The van der Waals surface area contributed by atoms with Gasteiger partial charge in [-0.3, -0.25) is 24.0 Å². The Hall–Kier alpha value is -3.56. The summed E-state index contributed by atoms with van der Waals surface area (Å²) >= 11 is 0. The molecule has 10 nitrogen and oxygen atoms in total. The molecule has 0 aliphatic heterocycles. The Balaban J connectivity index is 2.71. The van der Waals surface area contributed by atoms with Crippen molar-refractivity contribution in [2.45, 2.75) is 0 Å². The maximum absolute atomic E-state index is 12.1. The van der Waals surface area contributed by atoms with Crippen molar-refractivity contribution in [1.82, 2.24) is 9.13 Å². The van der Waals surface area contributed by atoms with E-state index in [0.717, 1.165) is 4.57 Å². The van der Waals surface area contributed by atoms with Crippen LogP contribution in [0.1, 0.15) is 11.3 Å². The zero-order chi connectivity index (χ0) is 20.3. The van der Waals surface area contributed by atoms with Gasteiger partial charge in [0.2, 0.25) is 0 Å². The van der Waals surface area contributed by atoms with Gasteiger partial charge in [0.25, 0.3) is 0 Å². The third kappa shape index (κ3) is 3.54. The van der Waals surface area contributed by atoms with Crippen LogP contribution in [0, 0.1) is 10.1 Å². The minimum Gasteiger partial charge on any atom is -0.496 e. The second-order valence-electron chi connectivity index (χ2n) is 5.48. The molecule has 0 radical (unpaired) electrons. The van der Waals surface area contributed by atoms with Crippen molar-refractivity contribution in [3.8, 4) is 17.2 Å². The molecule has 0 saturated carbocycles. The van der Waals surface area contributed by atoms with Gasteiger partial charge >= 0.3 is 16.9 Å². The molecule has 0 saturated heterocycles. The maximum atomic E-state index is 12.1. The fourth-order valence-electron chi connectivity index (χ4n) is 2.56. The van der Waals surface area contributed by atoms with Gasteiger partial charge in [0.1, 0.15) is 11.4 Å². The number of methoxy groups -OCH3 is 3. The SMILES string of the molecule is COc1cc(OC)c(OC)cc1/C=C/c1c([N+](=O)[O-])c(=O)n(C)c(=O)n1C. The first-order valence-electron chi connectivity index (χ1n) is 7.69. The molecular formula is C17H19N3O7. The van der Waals surface area contributed by atoms with Gasteiger partial charge in [-0.05, 0) is 18.2 Å². The summed E-state index contributed by atoms with van der Waals surface area (Å²) in [6, 6.07) is 3.20. The molecule has 0 bridgehead atoms. The summed E-state index contributed by atoms with van der Waals surface area (Å²) in [6.07, 6.45) is 2.80. The van der Waals surface area contributed by atoms with Crippen LogP contribution >= 0.6 is 0 Å². The molecule has 10 heteroatoms. The molecule has 0 spiro atoms. The molecule has 1 aromatic heterocycles. The first-order valence-corrected chi connectivity index (χ1v) is 7.69. The van der Waals surface area contributed by atoms with Gasteiger partial charge in [0.05, 0.1) is 26.3 Å². The number of benzene rings is 1. The van der Waals surface area contributed by atoms with E-state index in [4.69, 9.17) is 14.2 Å². The average molecular weight is 377 g/mol. The van der Waals surface area contributed by atoms with Crippen LogP contribution in [0.15, 0.2) is 21.7 Å². The summed E-state index contributed by atoms with van der Waals surface area (Å²) in [5.41, 5.74) is -1.98. The van der Waals surface area contributed by atoms with E-state index in [1.807, 2.05) is 0 Å². The van der Waals surface area contributed by atoms with E-state index >= 15 is 0 Å². The van der Waals surface area contributed by atoms with E-state index in [9.17, 15) is 19.7 Å². The van der Waals surface area contributed by atoms with Crippen LogP contribution in [-0.4, -0.2) is 35.4 Å². The van der Waals surface area contributed by atoms with Gasteiger partial charge in [-0.25, -0.2) is 4.79 Å². The van der Waals surface area contributed by atoms with Crippen LogP contribution in [0.2, 0.25) is 0 Å². The Morgan fingerprint density at radius 3 is 2.00 bits per heavy atom. The highest BCUT2D eigenvalue weighted by Gasteiger charge is 2.23. The summed E-state index contributed by atoms with van der Waals surface area (Å²) < 4.78 is 17.5. The zero-order valence-electron chi connectivity index (χ0n) is 15.5. The van der Waals surface area contributed by atoms with E-state index < -0.39 is 21.9 Å². The lowest BCUT2D eigenvalue weighted by molar-refractivity contribution is -0.387. The summed E-state index contributed by atoms with van der Waals surface area (Å²) in [4.78, 5) is 34.8. The molecule has 0 aliphatic rings. The highest BCUT2D eigenvalue weighted by molar-refractivity contribution is 5.76. The van der Waals surface area contributed by atoms with E-state index in [1.165, 1.54) is 47.6 Å². The van der Waals surface area contributed by atoms with Gasteiger partial charge in [0.15, 0.2) is 11.5 Å². The first-order chi connectivity index (χ1) is 12.8. The topological polar surface area (TPSA) is 115 Å². The number of aromatic nitrogens is 2. The number of nitrogens with zero attached hydrogens (tertiary/aromatic N) is 3. The van der Waals surface area contributed by atoms with Gasteiger partial charge in [-0.2, -0.15) is 0 Å². The van der Waals surface area contributed by atoms with Crippen molar-refractivity contribution in [1.29, 1.82) is 0 Å². The van der Waals surface area contributed by atoms with E-state index in [-0.39, 0.29) is 5.69 Å². The van der Waals surface area contributed by atoms with E-state index in [2.05, 4.69) is 0 Å². The molecule has 2 aromatic rings. The number of hydrogen-bond acceptors (Lipinski definition) is 7. The normalized spacial score (nSPS) is 10.9. The third-order valence-corrected chi connectivity index (χ3v) is 4.02. The highest BCUT2D eigenvalue weighted by Crippen LogP contribution is 2.35. The highest BCUT2D eigenvalue weighted by atomic mass is 16.6. The van der Waals surface area contributed by atoms with E-state index in [1.54, 1.807) is 12.1 Å². The number of rotatable bonds is 6. The maximum Gasteiger partial charge on any atom is 0.357 e. The van der Waals surface area contributed by atoms with Crippen molar-refractivity contribution >= 4 is 17.8 Å².